The van der Waals surface area contributed by atoms with E-state index >= 15 is 0 Å². The van der Waals surface area contributed by atoms with E-state index in [1.165, 1.54) is 0 Å². The van der Waals surface area contributed by atoms with Gasteiger partial charge < -0.3 is 4.74 Å². The Labute approximate surface area is 88.9 Å². The molecule has 0 aromatic heterocycles. The van der Waals surface area contributed by atoms with Crippen molar-refractivity contribution in [2.24, 2.45) is 0 Å². The highest BCUT2D eigenvalue weighted by Gasteiger charge is 2.36. The number of nitrogens with zero attached hydrogens (tertiary/aromatic N) is 1. The minimum atomic E-state index is -0.792. The van der Waals surface area contributed by atoms with Crippen LogP contribution in [0.1, 0.15) is 12.5 Å². The van der Waals surface area contributed by atoms with E-state index in [1.807, 2.05) is 30.3 Å². The Kier molecular flexibility index (Phi) is 3.02. The van der Waals surface area contributed by atoms with Gasteiger partial charge in [-0.2, -0.15) is 0 Å². The zero-order valence-corrected chi connectivity index (χ0v) is 8.72. The topological polar surface area (TPSA) is 41.9 Å². The first kappa shape index (κ1) is 10.6. The van der Waals surface area contributed by atoms with Gasteiger partial charge in [0.1, 0.15) is 0 Å². The van der Waals surface area contributed by atoms with Crippen molar-refractivity contribution in [3.05, 3.63) is 35.9 Å². The molecule has 15 heavy (non-hydrogen) atoms. The van der Waals surface area contributed by atoms with Crippen LogP contribution in [0.25, 0.3) is 0 Å². The first-order chi connectivity index (χ1) is 7.21. The Morgan fingerprint density at radius 2 is 2.07 bits per heavy atom. The molecule has 1 atom stereocenters. The Balaban J connectivity index is 2.09. The van der Waals surface area contributed by atoms with Crippen LogP contribution in [0.2, 0.25) is 0 Å². The zero-order chi connectivity index (χ0) is 10.7. The normalized spacial score (nSPS) is 27.9. The third-order valence-electron chi connectivity index (χ3n) is 2.49. The molecule has 1 aromatic rings. The summed E-state index contributed by atoms with van der Waals surface area (Å²) in [7, 11) is 0. The maximum atomic E-state index is 9.58. The Bertz CT molecular complexity index is 317. The summed E-state index contributed by atoms with van der Waals surface area (Å²) >= 11 is 0. The Morgan fingerprint density at radius 3 is 2.73 bits per heavy atom. The van der Waals surface area contributed by atoms with Crippen LogP contribution in [0.15, 0.2) is 30.3 Å². The SMILES string of the molecule is CC1(Cc2ccccc2)OCCON1O. The largest absolute Gasteiger partial charge is 0.353 e. The molecule has 0 bridgehead atoms. The third kappa shape index (κ3) is 2.35. The second kappa shape index (κ2) is 4.28. The van der Waals surface area contributed by atoms with Gasteiger partial charge in [0.15, 0.2) is 5.72 Å². The van der Waals surface area contributed by atoms with Gasteiger partial charge in [0.25, 0.3) is 0 Å². The molecule has 0 spiro atoms. The predicted molar refractivity (Wildman–Crippen MR) is 54.1 cm³/mol. The molecule has 1 saturated heterocycles. The molecular formula is C11H15NO3. The molecule has 0 radical (unpaired) electrons. The van der Waals surface area contributed by atoms with Crippen LogP contribution in [-0.2, 0) is 16.0 Å². The smallest absolute Gasteiger partial charge is 0.171 e. The fraction of sp³-hybridized carbons (Fsp3) is 0.455. The first-order valence-electron chi connectivity index (χ1n) is 5.01. The highest BCUT2D eigenvalue weighted by molar-refractivity contribution is 5.16. The minimum absolute atomic E-state index is 0.390. The highest BCUT2D eigenvalue weighted by Crippen LogP contribution is 2.23. The lowest BCUT2D eigenvalue weighted by atomic mass is 10.0. The second-order valence-electron chi connectivity index (χ2n) is 3.79. The van der Waals surface area contributed by atoms with Gasteiger partial charge in [-0.05, 0) is 17.7 Å². The van der Waals surface area contributed by atoms with E-state index in [9.17, 15) is 5.21 Å². The van der Waals surface area contributed by atoms with Crippen molar-refractivity contribution in [3.8, 4) is 0 Å². The monoisotopic (exact) mass is 209 g/mol. The van der Waals surface area contributed by atoms with Crippen LogP contribution >= 0.6 is 0 Å². The number of ether oxygens (including phenoxy) is 1. The van der Waals surface area contributed by atoms with Crippen LogP contribution in [-0.4, -0.2) is 29.4 Å². The highest BCUT2D eigenvalue weighted by atomic mass is 16.9. The van der Waals surface area contributed by atoms with Crippen molar-refractivity contribution in [2.45, 2.75) is 19.1 Å². The molecule has 0 amide bonds. The lowest BCUT2D eigenvalue weighted by Crippen LogP contribution is -2.52. The lowest BCUT2D eigenvalue weighted by Gasteiger charge is -2.39. The maximum Gasteiger partial charge on any atom is 0.171 e. The van der Waals surface area contributed by atoms with Gasteiger partial charge in [-0.15, -0.1) is 0 Å². The molecule has 82 valence electrons. The summed E-state index contributed by atoms with van der Waals surface area (Å²) in [5.74, 6) is 0. The van der Waals surface area contributed by atoms with E-state index in [2.05, 4.69) is 0 Å². The first-order valence-corrected chi connectivity index (χ1v) is 5.01. The van der Waals surface area contributed by atoms with Gasteiger partial charge in [0.05, 0.1) is 13.2 Å². The van der Waals surface area contributed by atoms with Gasteiger partial charge in [-0.3, -0.25) is 10.0 Å². The second-order valence-corrected chi connectivity index (χ2v) is 3.79. The molecule has 2 rings (SSSR count). The van der Waals surface area contributed by atoms with Crippen LogP contribution < -0.4 is 0 Å². The van der Waals surface area contributed by atoms with Gasteiger partial charge in [0, 0.05) is 6.42 Å². The minimum Gasteiger partial charge on any atom is -0.353 e. The van der Waals surface area contributed by atoms with Crippen LogP contribution in [0.4, 0.5) is 0 Å². The average Bonchev–Trinajstić information content (AvgIpc) is 2.24. The molecule has 1 aliphatic heterocycles. The van der Waals surface area contributed by atoms with Crippen molar-refractivity contribution in [1.82, 2.24) is 5.23 Å². The summed E-state index contributed by atoms with van der Waals surface area (Å²) in [6, 6.07) is 9.88. The average molecular weight is 209 g/mol. The van der Waals surface area contributed by atoms with E-state index in [0.717, 1.165) is 10.8 Å². The molecule has 1 aromatic carbocycles. The standard InChI is InChI=1S/C11H15NO3/c1-11(12(13)15-8-7-14-11)9-10-5-3-2-4-6-10/h2-6,13H,7-9H2,1H3. The fourth-order valence-electron chi connectivity index (χ4n) is 1.67. The van der Waals surface area contributed by atoms with Gasteiger partial charge in [0.2, 0.25) is 0 Å². The number of hydrogen-bond acceptors (Lipinski definition) is 4. The maximum absolute atomic E-state index is 9.58. The summed E-state index contributed by atoms with van der Waals surface area (Å²) in [6.45, 7) is 2.69. The van der Waals surface area contributed by atoms with E-state index in [0.29, 0.717) is 19.6 Å². The molecule has 1 fully saturated rings. The molecule has 1 unspecified atom stereocenters. The van der Waals surface area contributed by atoms with Gasteiger partial charge in [-0.25, -0.2) is 0 Å². The molecule has 4 heteroatoms. The van der Waals surface area contributed by atoms with E-state index in [4.69, 9.17) is 9.57 Å². The van der Waals surface area contributed by atoms with E-state index in [-0.39, 0.29) is 0 Å². The lowest BCUT2D eigenvalue weighted by molar-refractivity contribution is -0.466. The zero-order valence-electron chi connectivity index (χ0n) is 8.72. The van der Waals surface area contributed by atoms with Crippen molar-refractivity contribution in [2.75, 3.05) is 13.2 Å². The number of hydroxylamine groups is 2. The van der Waals surface area contributed by atoms with Crippen molar-refractivity contribution >= 4 is 0 Å². The van der Waals surface area contributed by atoms with Crippen LogP contribution in [0.3, 0.4) is 0 Å². The number of rotatable bonds is 2. The van der Waals surface area contributed by atoms with Gasteiger partial charge >= 0.3 is 0 Å². The van der Waals surface area contributed by atoms with Crippen molar-refractivity contribution in [3.63, 3.8) is 0 Å². The van der Waals surface area contributed by atoms with Crippen LogP contribution in [0, 0.1) is 0 Å². The van der Waals surface area contributed by atoms with Crippen LogP contribution in [0.5, 0.6) is 0 Å². The summed E-state index contributed by atoms with van der Waals surface area (Å²) in [5, 5.41) is 10.4. The molecular weight excluding hydrogens is 194 g/mol. The molecule has 1 heterocycles. The number of hydrogen-bond donors (Lipinski definition) is 1. The van der Waals surface area contributed by atoms with Crippen molar-refractivity contribution in [1.29, 1.82) is 0 Å². The summed E-state index contributed by atoms with van der Waals surface area (Å²) in [6.07, 6.45) is 0.588. The summed E-state index contributed by atoms with van der Waals surface area (Å²) in [4.78, 5) is 5.03. The molecule has 1 N–H and O–H groups in total. The fourth-order valence-corrected chi connectivity index (χ4v) is 1.67. The summed E-state index contributed by atoms with van der Waals surface area (Å²) in [5.41, 5.74) is 0.309. The van der Waals surface area contributed by atoms with E-state index in [1.54, 1.807) is 6.92 Å². The molecule has 0 saturated carbocycles. The Morgan fingerprint density at radius 1 is 1.33 bits per heavy atom. The Hall–Kier alpha value is -0.940. The van der Waals surface area contributed by atoms with Crippen molar-refractivity contribution < 1.29 is 14.8 Å². The summed E-state index contributed by atoms with van der Waals surface area (Å²) < 4.78 is 5.53. The van der Waals surface area contributed by atoms with Gasteiger partial charge in [-0.1, -0.05) is 30.3 Å². The predicted octanol–water partition coefficient (Wildman–Crippen LogP) is 1.60. The molecule has 0 aliphatic carbocycles. The number of benzene rings is 1. The molecule has 1 aliphatic rings. The quantitative estimate of drug-likeness (QED) is 0.803. The van der Waals surface area contributed by atoms with E-state index < -0.39 is 5.72 Å². The third-order valence-corrected chi connectivity index (χ3v) is 2.49. The molecule has 4 nitrogen and oxygen atoms in total.